The quantitative estimate of drug-likeness (QED) is 0.853. The molecule has 0 aromatic heterocycles. The fourth-order valence-corrected chi connectivity index (χ4v) is 3.27. The van der Waals surface area contributed by atoms with E-state index in [1.807, 2.05) is 26.0 Å². The second kappa shape index (κ2) is 6.91. The maximum Gasteiger partial charge on any atom is 0.225 e. The molecule has 23 heavy (non-hydrogen) atoms. The lowest BCUT2D eigenvalue weighted by atomic mass is 10.1. The van der Waals surface area contributed by atoms with Crippen LogP contribution in [0.15, 0.2) is 47.4 Å². The van der Waals surface area contributed by atoms with Crippen LogP contribution < -0.4 is 5.32 Å². The highest BCUT2D eigenvalue weighted by Gasteiger charge is 2.16. The largest absolute Gasteiger partial charge is 0.326 e. The van der Waals surface area contributed by atoms with Gasteiger partial charge in [-0.25, -0.2) is 12.8 Å². The van der Waals surface area contributed by atoms with Gasteiger partial charge < -0.3 is 5.32 Å². The van der Waals surface area contributed by atoms with Crippen molar-refractivity contribution in [1.29, 1.82) is 0 Å². The number of carbonyl (C=O) groups excluding carboxylic acids is 1. The minimum absolute atomic E-state index is 0.0119. The summed E-state index contributed by atoms with van der Waals surface area (Å²) in [5.41, 5.74) is 2.79. The Hall–Kier alpha value is -2.21. The van der Waals surface area contributed by atoms with E-state index in [2.05, 4.69) is 5.32 Å². The lowest BCUT2D eigenvalue weighted by Gasteiger charge is -2.08. The number of anilines is 1. The summed E-state index contributed by atoms with van der Waals surface area (Å²) in [6, 6.07) is 10.1. The highest BCUT2D eigenvalue weighted by Crippen LogP contribution is 2.16. The lowest BCUT2D eigenvalue weighted by Crippen LogP contribution is -2.17. The zero-order chi connectivity index (χ0) is 17.0. The molecule has 1 N–H and O–H groups in total. The molecule has 1 amide bonds. The summed E-state index contributed by atoms with van der Waals surface area (Å²) in [6.07, 6.45) is -0.160. The Labute approximate surface area is 135 Å². The van der Waals surface area contributed by atoms with Crippen molar-refractivity contribution in [2.45, 2.75) is 25.2 Å². The van der Waals surface area contributed by atoms with E-state index in [1.54, 1.807) is 6.07 Å². The van der Waals surface area contributed by atoms with Crippen molar-refractivity contribution in [1.82, 2.24) is 0 Å². The van der Waals surface area contributed by atoms with Crippen LogP contribution in [-0.4, -0.2) is 20.1 Å². The maximum absolute atomic E-state index is 12.8. The summed E-state index contributed by atoms with van der Waals surface area (Å²) in [6.45, 7) is 3.90. The molecule has 0 aliphatic heterocycles. The monoisotopic (exact) mass is 335 g/mol. The van der Waals surface area contributed by atoms with E-state index in [9.17, 15) is 17.6 Å². The number of carbonyl (C=O) groups is 1. The van der Waals surface area contributed by atoms with Crippen molar-refractivity contribution in [3.63, 3.8) is 0 Å². The van der Waals surface area contributed by atoms with Gasteiger partial charge in [-0.2, -0.15) is 0 Å². The Kier molecular flexibility index (Phi) is 5.15. The number of rotatable bonds is 5. The Morgan fingerprint density at radius 3 is 2.30 bits per heavy atom. The first-order chi connectivity index (χ1) is 10.8. The topological polar surface area (TPSA) is 63.2 Å². The molecule has 0 aliphatic carbocycles. The smallest absolute Gasteiger partial charge is 0.225 e. The van der Waals surface area contributed by atoms with E-state index in [0.29, 0.717) is 5.69 Å². The van der Waals surface area contributed by atoms with Gasteiger partial charge in [-0.15, -0.1) is 0 Å². The van der Waals surface area contributed by atoms with Gasteiger partial charge in [0.2, 0.25) is 5.91 Å². The SMILES string of the molecule is Cc1ccc(NC(=O)CCS(=O)(=O)c2ccc(F)cc2)cc1C. The standard InChI is InChI=1S/C17H18FNO3S/c1-12-3-6-15(11-13(12)2)19-17(20)9-10-23(21,22)16-7-4-14(18)5-8-16/h3-8,11H,9-10H2,1-2H3,(H,19,20). The second-order valence-corrected chi connectivity index (χ2v) is 7.48. The number of benzene rings is 2. The summed E-state index contributed by atoms with van der Waals surface area (Å²) < 4.78 is 37.0. The van der Waals surface area contributed by atoms with E-state index in [0.717, 1.165) is 23.3 Å². The van der Waals surface area contributed by atoms with E-state index in [-0.39, 0.29) is 23.0 Å². The van der Waals surface area contributed by atoms with Crippen LogP contribution in [0.5, 0.6) is 0 Å². The molecule has 0 bridgehead atoms. The minimum atomic E-state index is -3.61. The molecule has 0 radical (unpaired) electrons. The average molecular weight is 335 g/mol. The van der Waals surface area contributed by atoms with Gasteiger partial charge in [-0.1, -0.05) is 6.07 Å². The summed E-state index contributed by atoms with van der Waals surface area (Å²) in [5.74, 6) is -1.20. The Morgan fingerprint density at radius 2 is 1.70 bits per heavy atom. The van der Waals surface area contributed by atoms with Gasteiger partial charge in [0.1, 0.15) is 5.82 Å². The molecule has 2 aromatic carbocycles. The molecular formula is C17H18FNO3S. The van der Waals surface area contributed by atoms with Gasteiger partial charge in [0.25, 0.3) is 0 Å². The normalized spacial score (nSPS) is 11.3. The van der Waals surface area contributed by atoms with E-state index in [4.69, 9.17) is 0 Å². The predicted molar refractivity (Wildman–Crippen MR) is 87.6 cm³/mol. The van der Waals surface area contributed by atoms with Gasteiger partial charge in [-0.05, 0) is 61.4 Å². The van der Waals surface area contributed by atoms with Crippen LogP contribution in [0.1, 0.15) is 17.5 Å². The zero-order valence-electron chi connectivity index (χ0n) is 13.0. The van der Waals surface area contributed by atoms with E-state index < -0.39 is 15.7 Å². The minimum Gasteiger partial charge on any atom is -0.326 e. The number of amides is 1. The Bertz CT molecular complexity index is 814. The Morgan fingerprint density at radius 1 is 1.04 bits per heavy atom. The number of nitrogens with one attached hydrogen (secondary N) is 1. The van der Waals surface area contributed by atoms with Crippen LogP contribution in [0.4, 0.5) is 10.1 Å². The van der Waals surface area contributed by atoms with Crippen molar-refractivity contribution in [2.24, 2.45) is 0 Å². The van der Waals surface area contributed by atoms with Gasteiger partial charge in [0.05, 0.1) is 10.6 Å². The number of aryl methyl sites for hydroxylation is 2. The van der Waals surface area contributed by atoms with Crippen molar-refractivity contribution in [3.05, 3.63) is 59.4 Å². The molecule has 0 heterocycles. The molecular weight excluding hydrogens is 317 g/mol. The van der Waals surface area contributed by atoms with Crippen LogP contribution in [0.25, 0.3) is 0 Å². The molecule has 0 saturated carbocycles. The molecule has 2 rings (SSSR count). The first kappa shape index (κ1) is 17.1. The number of halogens is 1. The maximum atomic E-state index is 12.8. The molecule has 122 valence electrons. The van der Waals surface area contributed by atoms with Crippen molar-refractivity contribution < 1.29 is 17.6 Å². The fraction of sp³-hybridized carbons (Fsp3) is 0.235. The first-order valence-electron chi connectivity index (χ1n) is 7.13. The molecule has 0 unspecified atom stereocenters. The van der Waals surface area contributed by atoms with Crippen LogP contribution >= 0.6 is 0 Å². The predicted octanol–water partition coefficient (Wildman–Crippen LogP) is 3.25. The second-order valence-electron chi connectivity index (χ2n) is 5.37. The lowest BCUT2D eigenvalue weighted by molar-refractivity contribution is -0.115. The summed E-state index contributed by atoms with van der Waals surface area (Å²) in [4.78, 5) is 11.9. The number of hydrogen-bond acceptors (Lipinski definition) is 3. The van der Waals surface area contributed by atoms with Gasteiger partial charge in [0.15, 0.2) is 9.84 Å². The van der Waals surface area contributed by atoms with Crippen molar-refractivity contribution in [3.8, 4) is 0 Å². The highest BCUT2D eigenvalue weighted by atomic mass is 32.2. The average Bonchev–Trinajstić information content (AvgIpc) is 2.50. The van der Waals surface area contributed by atoms with Crippen molar-refractivity contribution >= 4 is 21.4 Å². The molecule has 0 fully saturated rings. The molecule has 4 nitrogen and oxygen atoms in total. The Balaban J connectivity index is 1.98. The van der Waals surface area contributed by atoms with Crippen LogP contribution in [-0.2, 0) is 14.6 Å². The van der Waals surface area contributed by atoms with Gasteiger partial charge in [0, 0.05) is 12.1 Å². The molecule has 6 heteroatoms. The highest BCUT2D eigenvalue weighted by molar-refractivity contribution is 7.91. The first-order valence-corrected chi connectivity index (χ1v) is 8.78. The van der Waals surface area contributed by atoms with Crippen LogP contribution in [0, 0.1) is 19.7 Å². The molecule has 0 atom stereocenters. The molecule has 0 saturated heterocycles. The third-order valence-corrected chi connectivity index (χ3v) is 5.29. The third-order valence-electron chi connectivity index (χ3n) is 3.56. The third kappa shape index (κ3) is 4.63. The fourth-order valence-electron chi connectivity index (χ4n) is 2.03. The zero-order valence-corrected chi connectivity index (χ0v) is 13.8. The van der Waals surface area contributed by atoms with Crippen LogP contribution in [0.2, 0.25) is 0 Å². The van der Waals surface area contributed by atoms with E-state index in [1.165, 1.54) is 12.1 Å². The molecule has 2 aromatic rings. The number of sulfone groups is 1. The van der Waals surface area contributed by atoms with Crippen LogP contribution in [0.3, 0.4) is 0 Å². The molecule has 0 spiro atoms. The van der Waals surface area contributed by atoms with E-state index >= 15 is 0 Å². The summed E-state index contributed by atoms with van der Waals surface area (Å²) >= 11 is 0. The van der Waals surface area contributed by atoms with Crippen molar-refractivity contribution in [2.75, 3.05) is 11.1 Å². The summed E-state index contributed by atoms with van der Waals surface area (Å²) in [5, 5.41) is 2.68. The summed E-state index contributed by atoms with van der Waals surface area (Å²) in [7, 11) is -3.61. The molecule has 0 aliphatic rings. The van der Waals surface area contributed by atoms with Gasteiger partial charge >= 0.3 is 0 Å². The van der Waals surface area contributed by atoms with Gasteiger partial charge in [-0.3, -0.25) is 4.79 Å². The number of hydrogen-bond donors (Lipinski definition) is 1.